The van der Waals surface area contributed by atoms with Gasteiger partial charge in [-0.05, 0) is 35.7 Å². The second-order valence-corrected chi connectivity index (χ2v) is 5.90. The van der Waals surface area contributed by atoms with Crippen LogP contribution in [0.2, 0.25) is 0 Å². The molecule has 0 aliphatic rings. The normalized spacial score (nSPS) is 10.4. The summed E-state index contributed by atoms with van der Waals surface area (Å²) in [5.41, 5.74) is 3.15. The van der Waals surface area contributed by atoms with E-state index >= 15 is 0 Å². The molecule has 0 radical (unpaired) electrons. The molecule has 26 heavy (non-hydrogen) atoms. The van der Waals surface area contributed by atoms with Crippen LogP contribution in [-0.4, -0.2) is 18.6 Å². The lowest BCUT2D eigenvalue weighted by atomic mass is 10.1. The van der Waals surface area contributed by atoms with E-state index in [9.17, 15) is 0 Å². The Kier molecular flexibility index (Phi) is 6.06. The zero-order valence-electron chi connectivity index (χ0n) is 14.8. The quantitative estimate of drug-likeness (QED) is 0.497. The minimum absolute atomic E-state index is 0.530. The summed E-state index contributed by atoms with van der Waals surface area (Å²) >= 11 is 0. The molecular formula is C21H23N3O2. The number of rotatable bonds is 8. The summed E-state index contributed by atoms with van der Waals surface area (Å²) in [5, 5.41) is 1.71. The van der Waals surface area contributed by atoms with Gasteiger partial charge in [0.05, 0.1) is 12.8 Å². The van der Waals surface area contributed by atoms with E-state index in [4.69, 9.17) is 15.3 Å². The second kappa shape index (κ2) is 8.87. The van der Waals surface area contributed by atoms with Crippen molar-refractivity contribution in [2.45, 2.75) is 13.0 Å². The summed E-state index contributed by atoms with van der Waals surface area (Å²) in [4.78, 5) is 4.01. The topological polar surface area (TPSA) is 60.6 Å². The van der Waals surface area contributed by atoms with Crippen LogP contribution in [0.5, 0.6) is 11.5 Å². The van der Waals surface area contributed by atoms with E-state index in [-0.39, 0.29) is 0 Å². The molecule has 3 aromatic rings. The predicted molar refractivity (Wildman–Crippen MR) is 103 cm³/mol. The van der Waals surface area contributed by atoms with E-state index in [0.29, 0.717) is 13.2 Å². The van der Waals surface area contributed by atoms with Crippen molar-refractivity contribution in [1.82, 2.24) is 4.98 Å². The number of anilines is 1. The van der Waals surface area contributed by atoms with Crippen LogP contribution in [0, 0.1) is 0 Å². The van der Waals surface area contributed by atoms with Gasteiger partial charge in [-0.2, -0.15) is 0 Å². The van der Waals surface area contributed by atoms with Gasteiger partial charge in [-0.15, -0.1) is 0 Å². The number of nitrogens with zero attached hydrogens (tertiary/aromatic N) is 2. The summed E-state index contributed by atoms with van der Waals surface area (Å²) in [5.74, 6) is 7.71. The van der Waals surface area contributed by atoms with Crippen molar-refractivity contribution < 1.29 is 9.47 Å². The maximum Gasteiger partial charge on any atom is 0.125 e. The monoisotopic (exact) mass is 349 g/mol. The molecule has 1 aromatic heterocycles. The van der Waals surface area contributed by atoms with Gasteiger partial charge in [0.1, 0.15) is 18.1 Å². The molecule has 5 nitrogen and oxygen atoms in total. The molecular weight excluding hydrogens is 326 g/mol. The largest absolute Gasteiger partial charge is 0.496 e. The third-order valence-corrected chi connectivity index (χ3v) is 4.12. The van der Waals surface area contributed by atoms with Crippen molar-refractivity contribution in [3.05, 3.63) is 84.2 Å². The molecule has 0 atom stereocenters. The van der Waals surface area contributed by atoms with Gasteiger partial charge in [-0.25, -0.2) is 5.84 Å². The molecule has 134 valence electrons. The van der Waals surface area contributed by atoms with Crippen LogP contribution < -0.4 is 20.3 Å². The van der Waals surface area contributed by atoms with Crippen molar-refractivity contribution in [3.8, 4) is 11.5 Å². The van der Waals surface area contributed by atoms with Gasteiger partial charge in [-0.3, -0.25) is 4.98 Å². The molecule has 0 saturated heterocycles. The lowest BCUT2D eigenvalue weighted by Crippen LogP contribution is -2.32. The van der Waals surface area contributed by atoms with Gasteiger partial charge >= 0.3 is 0 Å². The molecule has 0 saturated carbocycles. The van der Waals surface area contributed by atoms with Crippen molar-refractivity contribution in [3.63, 3.8) is 0 Å². The number of methoxy groups -OCH3 is 1. The average Bonchev–Trinajstić information content (AvgIpc) is 2.72. The minimum Gasteiger partial charge on any atom is -0.496 e. The van der Waals surface area contributed by atoms with Crippen LogP contribution >= 0.6 is 0 Å². The summed E-state index contributed by atoms with van der Waals surface area (Å²) < 4.78 is 11.4. The lowest BCUT2D eigenvalue weighted by molar-refractivity contribution is 0.303. The van der Waals surface area contributed by atoms with Crippen molar-refractivity contribution in [1.29, 1.82) is 0 Å². The van der Waals surface area contributed by atoms with Gasteiger partial charge in [-0.1, -0.05) is 36.4 Å². The van der Waals surface area contributed by atoms with E-state index in [2.05, 4.69) is 4.98 Å². The Hall–Kier alpha value is -3.05. The first kappa shape index (κ1) is 17.8. The molecule has 5 heteroatoms. The van der Waals surface area contributed by atoms with Crippen LogP contribution in [0.4, 0.5) is 5.69 Å². The zero-order chi connectivity index (χ0) is 18.2. The van der Waals surface area contributed by atoms with E-state index in [1.807, 2.05) is 60.7 Å². The summed E-state index contributed by atoms with van der Waals surface area (Å²) in [6.07, 6.45) is 4.23. The van der Waals surface area contributed by atoms with Crippen LogP contribution in [0.1, 0.15) is 11.1 Å². The summed E-state index contributed by atoms with van der Waals surface area (Å²) in [6, 6.07) is 19.8. The van der Waals surface area contributed by atoms with Crippen molar-refractivity contribution in [2.24, 2.45) is 5.84 Å². The molecule has 0 aliphatic heterocycles. The van der Waals surface area contributed by atoms with Gasteiger partial charge in [0.25, 0.3) is 0 Å². The molecule has 0 amide bonds. The van der Waals surface area contributed by atoms with Crippen LogP contribution in [0.3, 0.4) is 0 Å². The fourth-order valence-corrected chi connectivity index (χ4v) is 2.67. The van der Waals surface area contributed by atoms with Crippen molar-refractivity contribution in [2.75, 3.05) is 18.7 Å². The molecule has 0 unspecified atom stereocenters. The fraction of sp³-hybridized carbons (Fsp3) is 0.190. The molecule has 0 aliphatic carbocycles. The average molecular weight is 349 g/mol. The van der Waals surface area contributed by atoms with Gasteiger partial charge in [0.15, 0.2) is 0 Å². The first-order valence-electron chi connectivity index (χ1n) is 8.52. The minimum atomic E-state index is 0.530. The molecule has 2 aromatic carbocycles. The maximum absolute atomic E-state index is 6.12. The smallest absolute Gasteiger partial charge is 0.125 e. The van der Waals surface area contributed by atoms with Crippen LogP contribution in [0.25, 0.3) is 0 Å². The molecule has 0 bridgehead atoms. The zero-order valence-corrected chi connectivity index (χ0v) is 14.8. The third kappa shape index (κ3) is 4.74. The highest BCUT2D eigenvalue weighted by Crippen LogP contribution is 2.26. The highest BCUT2D eigenvalue weighted by molar-refractivity contribution is 5.44. The highest BCUT2D eigenvalue weighted by Gasteiger charge is 2.08. The number of ether oxygens (including phenoxy) is 2. The summed E-state index contributed by atoms with van der Waals surface area (Å²) in [6.45, 7) is 1.20. The fourth-order valence-electron chi connectivity index (χ4n) is 2.67. The number of hydrogen-bond acceptors (Lipinski definition) is 5. The van der Waals surface area contributed by atoms with E-state index < -0.39 is 0 Å². The van der Waals surface area contributed by atoms with Gasteiger partial charge < -0.3 is 14.5 Å². The molecule has 1 heterocycles. The Labute approximate surface area is 154 Å². The van der Waals surface area contributed by atoms with Crippen LogP contribution in [-0.2, 0) is 13.0 Å². The Morgan fingerprint density at radius 3 is 2.50 bits per heavy atom. The Morgan fingerprint density at radius 2 is 1.77 bits per heavy atom. The number of hydrazine groups is 1. The third-order valence-electron chi connectivity index (χ3n) is 4.12. The second-order valence-electron chi connectivity index (χ2n) is 5.90. The first-order valence-corrected chi connectivity index (χ1v) is 8.52. The molecule has 3 rings (SSSR count). The Morgan fingerprint density at radius 1 is 1.00 bits per heavy atom. The number of pyridine rings is 1. The van der Waals surface area contributed by atoms with E-state index in [1.54, 1.807) is 24.5 Å². The molecule has 0 spiro atoms. The molecule has 2 N–H and O–H groups in total. The first-order chi connectivity index (χ1) is 12.8. The standard InChI is InChI=1S/C21H23N3O2/c1-25-21-15-20(26-16-17-5-3-2-4-6-17)8-7-18(21)11-14-24(22)19-9-12-23-13-10-19/h2-10,12-13,15H,11,14,16,22H2,1H3. The maximum atomic E-state index is 6.12. The van der Waals surface area contributed by atoms with Crippen LogP contribution in [0.15, 0.2) is 73.1 Å². The van der Waals surface area contributed by atoms with Gasteiger partial charge in [0.2, 0.25) is 0 Å². The number of hydrogen-bond donors (Lipinski definition) is 1. The van der Waals surface area contributed by atoms with Crippen molar-refractivity contribution >= 4 is 5.69 Å². The Balaban J connectivity index is 1.61. The number of nitrogens with two attached hydrogens (primary N) is 1. The predicted octanol–water partition coefficient (Wildman–Crippen LogP) is 3.59. The number of benzene rings is 2. The molecule has 0 fully saturated rings. The highest BCUT2D eigenvalue weighted by atomic mass is 16.5. The van der Waals surface area contributed by atoms with E-state index in [0.717, 1.165) is 34.7 Å². The lowest BCUT2D eigenvalue weighted by Gasteiger charge is -2.19. The number of aromatic nitrogens is 1. The van der Waals surface area contributed by atoms with E-state index in [1.165, 1.54) is 0 Å². The Bertz CT molecular complexity index is 810. The SMILES string of the molecule is COc1cc(OCc2ccccc2)ccc1CCN(N)c1ccncc1. The summed E-state index contributed by atoms with van der Waals surface area (Å²) in [7, 11) is 1.67. The van der Waals surface area contributed by atoms with Gasteiger partial charge in [0, 0.05) is 25.0 Å².